The highest BCUT2D eigenvalue weighted by Crippen LogP contribution is 2.15. The van der Waals surface area contributed by atoms with Crippen molar-refractivity contribution in [1.29, 1.82) is 5.26 Å². The van der Waals surface area contributed by atoms with E-state index in [9.17, 15) is 4.79 Å². The summed E-state index contributed by atoms with van der Waals surface area (Å²) in [7, 11) is 0. The second-order valence-electron chi connectivity index (χ2n) is 3.71. The molecule has 0 fully saturated rings. The fourth-order valence-corrected chi connectivity index (χ4v) is 1.55. The van der Waals surface area contributed by atoms with E-state index in [1.165, 1.54) is 0 Å². The third-order valence-corrected chi connectivity index (χ3v) is 2.40. The molecule has 0 radical (unpaired) electrons. The van der Waals surface area contributed by atoms with Gasteiger partial charge in [-0.3, -0.25) is 4.79 Å². The maximum atomic E-state index is 11.5. The summed E-state index contributed by atoms with van der Waals surface area (Å²) in [5, 5.41) is 8.95. The highest BCUT2D eigenvalue weighted by Gasteiger charge is 2.19. The number of hydrogen-bond donors (Lipinski definition) is 0. The van der Waals surface area contributed by atoms with Crippen molar-refractivity contribution in [2.45, 2.75) is 20.3 Å². The molecule has 0 N–H and O–H groups in total. The van der Waals surface area contributed by atoms with Crippen molar-refractivity contribution in [3.8, 4) is 11.8 Å². The Morgan fingerprint density at radius 1 is 1.28 bits per heavy atom. The summed E-state index contributed by atoms with van der Waals surface area (Å²) >= 11 is 0. The Balaban J connectivity index is 2.65. The Kier molecular flexibility index (Phi) is 5.72. The van der Waals surface area contributed by atoms with Gasteiger partial charge in [-0.15, -0.1) is 0 Å². The molecule has 0 aliphatic rings. The number of hydrogen-bond acceptors (Lipinski definition) is 4. The van der Waals surface area contributed by atoms with Crippen LogP contribution in [0.2, 0.25) is 0 Å². The molecule has 0 amide bonds. The first-order valence-electron chi connectivity index (χ1n) is 5.99. The smallest absolute Gasteiger partial charge is 0.323 e. The van der Waals surface area contributed by atoms with E-state index in [4.69, 9.17) is 14.7 Å². The summed E-state index contributed by atoms with van der Waals surface area (Å²) in [5.41, 5.74) is 0.915. The Labute approximate surface area is 107 Å². The van der Waals surface area contributed by atoms with Crippen molar-refractivity contribution < 1.29 is 14.3 Å². The molecule has 0 spiro atoms. The number of nitrogens with zero attached hydrogens (tertiary/aromatic N) is 1. The lowest BCUT2D eigenvalue weighted by atomic mass is 10.0. The first-order chi connectivity index (χ1) is 8.71. The summed E-state index contributed by atoms with van der Waals surface area (Å²) in [6, 6.07) is 9.34. The summed E-state index contributed by atoms with van der Waals surface area (Å²) < 4.78 is 10.2. The molecule has 0 heterocycles. The highest BCUT2D eigenvalue weighted by atomic mass is 16.5. The summed E-state index contributed by atoms with van der Waals surface area (Å²) in [4.78, 5) is 11.5. The van der Waals surface area contributed by atoms with Gasteiger partial charge in [0, 0.05) is 0 Å². The van der Waals surface area contributed by atoms with E-state index < -0.39 is 11.9 Å². The lowest BCUT2D eigenvalue weighted by Crippen LogP contribution is -2.18. The number of benzene rings is 1. The third-order valence-electron chi connectivity index (χ3n) is 2.40. The van der Waals surface area contributed by atoms with Crippen molar-refractivity contribution in [1.82, 2.24) is 0 Å². The molecule has 96 valence electrons. The molecule has 0 aliphatic heterocycles. The number of nitriles is 1. The molecule has 4 nitrogen and oxygen atoms in total. The predicted octanol–water partition coefficient (Wildman–Crippen LogP) is 2.33. The van der Waals surface area contributed by atoms with Crippen LogP contribution >= 0.6 is 0 Å². The zero-order valence-electron chi connectivity index (χ0n) is 10.7. The molecule has 0 bridgehead atoms. The lowest BCUT2D eigenvalue weighted by molar-refractivity contribution is -0.145. The van der Waals surface area contributed by atoms with Gasteiger partial charge in [0.2, 0.25) is 0 Å². The average Bonchev–Trinajstić information content (AvgIpc) is 2.38. The van der Waals surface area contributed by atoms with E-state index >= 15 is 0 Å². The van der Waals surface area contributed by atoms with Crippen LogP contribution in [0.15, 0.2) is 24.3 Å². The van der Waals surface area contributed by atoms with E-state index in [-0.39, 0.29) is 0 Å². The number of esters is 1. The van der Waals surface area contributed by atoms with E-state index in [2.05, 4.69) is 0 Å². The van der Waals surface area contributed by atoms with Gasteiger partial charge >= 0.3 is 5.97 Å². The topological polar surface area (TPSA) is 59.3 Å². The molecule has 1 unspecified atom stereocenters. The molecule has 1 aromatic carbocycles. The number of rotatable bonds is 6. The minimum Gasteiger partial charge on any atom is -0.494 e. The standard InChI is InChI=1S/C14H17NO3/c1-3-17-13-7-5-11(6-8-13)9-12(10-15)14(16)18-4-2/h5-8,12H,3-4,9H2,1-2H3. The molecular formula is C14H17NO3. The van der Waals surface area contributed by atoms with E-state index in [0.29, 0.717) is 19.6 Å². The maximum Gasteiger partial charge on any atom is 0.323 e. The Morgan fingerprint density at radius 3 is 2.44 bits per heavy atom. The monoisotopic (exact) mass is 247 g/mol. The van der Waals surface area contributed by atoms with Crippen molar-refractivity contribution in [2.24, 2.45) is 5.92 Å². The van der Waals surface area contributed by atoms with Crippen LogP contribution in [0.1, 0.15) is 19.4 Å². The fraction of sp³-hybridized carbons (Fsp3) is 0.429. The number of carbonyl (C=O) groups is 1. The predicted molar refractivity (Wildman–Crippen MR) is 67.1 cm³/mol. The van der Waals surface area contributed by atoms with Crippen LogP contribution in [-0.2, 0) is 16.0 Å². The van der Waals surface area contributed by atoms with E-state index in [1.807, 2.05) is 37.3 Å². The first-order valence-corrected chi connectivity index (χ1v) is 5.99. The minimum absolute atomic E-state index is 0.292. The maximum absolute atomic E-state index is 11.5. The van der Waals surface area contributed by atoms with Crippen LogP contribution in [-0.4, -0.2) is 19.2 Å². The van der Waals surface area contributed by atoms with Crippen molar-refractivity contribution in [3.63, 3.8) is 0 Å². The van der Waals surface area contributed by atoms with Crippen molar-refractivity contribution in [2.75, 3.05) is 13.2 Å². The molecular weight excluding hydrogens is 230 g/mol. The van der Waals surface area contributed by atoms with Crippen molar-refractivity contribution in [3.05, 3.63) is 29.8 Å². The SMILES string of the molecule is CCOC(=O)C(C#N)Cc1ccc(OCC)cc1. The second-order valence-corrected chi connectivity index (χ2v) is 3.71. The largest absolute Gasteiger partial charge is 0.494 e. The van der Waals surface area contributed by atoms with E-state index in [1.54, 1.807) is 6.92 Å². The van der Waals surface area contributed by atoms with Crippen LogP contribution in [0.5, 0.6) is 5.75 Å². The molecule has 4 heteroatoms. The van der Waals surface area contributed by atoms with Crippen molar-refractivity contribution >= 4 is 5.97 Å². The number of ether oxygens (including phenoxy) is 2. The fourth-order valence-electron chi connectivity index (χ4n) is 1.55. The number of carbonyl (C=O) groups excluding carboxylic acids is 1. The summed E-state index contributed by atoms with van der Waals surface area (Å²) in [6.45, 7) is 4.55. The molecule has 1 aromatic rings. The van der Waals surface area contributed by atoms with Gasteiger partial charge in [-0.2, -0.15) is 5.26 Å². The van der Waals surface area contributed by atoms with Gasteiger partial charge in [0.05, 0.1) is 19.3 Å². The second kappa shape index (κ2) is 7.33. The summed E-state index contributed by atoms with van der Waals surface area (Å²) in [6.07, 6.45) is 0.363. The van der Waals surface area contributed by atoms with Crippen LogP contribution in [0, 0.1) is 17.2 Å². The molecule has 0 saturated carbocycles. The van der Waals surface area contributed by atoms with Gasteiger partial charge < -0.3 is 9.47 Å². The van der Waals surface area contributed by atoms with Gasteiger partial charge in [-0.1, -0.05) is 12.1 Å². The Morgan fingerprint density at radius 2 is 1.94 bits per heavy atom. The molecule has 0 aromatic heterocycles. The molecule has 0 aliphatic carbocycles. The zero-order valence-corrected chi connectivity index (χ0v) is 10.7. The molecule has 1 rings (SSSR count). The van der Waals surface area contributed by atoms with Crippen LogP contribution in [0.4, 0.5) is 0 Å². The van der Waals surface area contributed by atoms with Gasteiger partial charge in [-0.25, -0.2) is 0 Å². The molecule has 18 heavy (non-hydrogen) atoms. The van der Waals surface area contributed by atoms with Crippen LogP contribution in [0.25, 0.3) is 0 Å². The molecule has 1 atom stereocenters. The van der Waals surface area contributed by atoms with Gasteiger partial charge in [-0.05, 0) is 38.0 Å². The van der Waals surface area contributed by atoms with Crippen LogP contribution < -0.4 is 4.74 Å². The first kappa shape index (κ1) is 14.0. The van der Waals surface area contributed by atoms with Gasteiger partial charge in [0.15, 0.2) is 0 Å². The summed E-state index contributed by atoms with van der Waals surface area (Å²) in [5.74, 6) is -0.428. The van der Waals surface area contributed by atoms with Crippen LogP contribution in [0.3, 0.4) is 0 Å². The minimum atomic E-state index is -0.747. The normalized spacial score (nSPS) is 11.4. The average molecular weight is 247 g/mol. The Bertz CT molecular complexity index is 420. The van der Waals surface area contributed by atoms with E-state index in [0.717, 1.165) is 11.3 Å². The quantitative estimate of drug-likeness (QED) is 0.724. The Hall–Kier alpha value is -2.02. The lowest BCUT2D eigenvalue weighted by Gasteiger charge is -2.09. The zero-order chi connectivity index (χ0) is 13.4. The molecule has 0 saturated heterocycles. The van der Waals surface area contributed by atoms with Gasteiger partial charge in [0.25, 0.3) is 0 Å². The third kappa shape index (κ3) is 4.10. The highest BCUT2D eigenvalue weighted by molar-refractivity contribution is 5.75. The van der Waals surface area contributed by atoms with Gasteiger partial charge in [0.1, 0.15) is 11.7 Å².